The van der Waals surface area contributed by atoms with Gasteiger partial charge in [-0.1, -0.05) is 12.1 Å². The van der Waals surface area contributed by atoms with Gasteiger partial charge < -0.3 is 4.52 Å². The Bertz CT molecular complexity index is 427. The standard InChI is InChI=1S/C8H6N2.C2H2N2O/c1-2-4-8-7(3-1)9-5-6-10-8;1-2-5-4-3-1/h1-6H;1-2H. The lowest BCUT2D eigenvalue weighted by Gasteiger charge is -1.90. The summed E-state index contributed by atoms with van der Waals surface area (Å²) in [6.07, 6.45) is 6.27. The Hall–Kier alpha value is -2.30. The normalized spacial score (nSPS) is 9.33. The quantitative estimate of drug-likeness (QED) is 0.552. The third kappa shape index (κ3) is 2.57. The van der Waals surface area contributed by atoms with E-state index in [-0.39, 0.29) is 0 Å². The summed E-state index contributed by atoms with van der Waals surface area (Å²) in [6, 6.07) is 7.80. The van der Waals surface area contributed by atoms with Crippen molar-refractivity contribution in [3.05, 3.63) is 49.1 Å². The number of nitrogens with zero attached hydrogens (tertiary/aromatic N) is 4. The molecule has 0 saturated heterocycles. The zero-order valence-electron chi connectivity index (χ0n) is 7.82. The van der Waals surface area contributed by atoms with Crippen molar-refractivity contribution in [1.82, 2.24) is 20.3 Å². The minimum atomic E-state index is 0.949. The van der Waals surface area contributed by atoms with Gasteiger partial charge in [0.1, 0.15) is 6.26 Å². The number of para-hydroxylation sites is 2. The van der Waals surface area contributed by atoms with E-state index in [2.05, 4.69) is 24.9 Å². The average molecular weight is 200 g/mol. The molecule has 2 aromatic heterocycles. The fourth-order valence-corrected chi connectivity index (χ4v) is 1.05. The molecule has 0 fully saturated rings. The monoisotopic (exact) mass is 200 g/mol. The van der Waals surface area contributed by atoms with Crippen molar-refractivity contribution in [3.8, 4) is 0 Å². The topological polar surface area (TPSA) is 64.7 Å². The maximum atomic E-state index is 4.22. The summed E-state index contributed by atoms with van der Waals surface area (Å²) in [7, 11) is 0. The molecular formula is C10H8N4O. The first kappa shape index (κ1) is 9.26. The minimum absolute atomic E-state index is 0.949. The smallest absolute Gasteiger partial charge is 0.144 e. The summed E-state index contributed by atoms with van der Waals surface area (Å²) < 4.78 is 4.22. The van der Waals surface area contributed by atoms with E-state index in [0.29, 0.717) is 0 Å². The van der Waals surface area contributed by atoms with Crippen LogP contribution < -0.4 is 0 Å². The first-order valence-electron chi connectivity index (χ1n) is 4.33. The number of hydrogen-bond donors (Lipinski definition) is 0. The van der Waals surface area contributed by atoms with E-state index in [0.717, 1.165) is 11.0 Å². The SMILES string of the molecule is c1ccc2nccnc2c1.c1conn1. The Morgan fingerprint density at radius 2 is 1.53 bits per heavy atom. The van der Waals surface area contributed by atoms with Crippen LogP contribution in [0.5, 0.6) is 0 Å². The van der Waals surface area contributed by atoms with Gasteiger partial charge in [-0.3, -0.25) is 9.97 Å². The first-order valence-corrected chi connectivity index (χ1v) is 4.33. The lowest BCUT2D eigenvalue weighted by atomic mass is 10.3. The highest BCUT2D eigenvalue weighted by Crippen LogP contribution is 2.04. The van der Waals surface area contributed by atoms with Crippen molar-refractivity contribution >= 4 is 11.0 Å². The van der Waals surface area contributed by atoms with E-state index in [1.165, 1.54) is 12.5 Å². The van der Waals surface area contributed by atoms with E-state index in [4.69, 9.17) is 0 Å². The summed E-state index contributed by atoms with van der Waals surface area (Å²) >= 11 is 0. The van der Waals surface area contributed by atoms with E-state index in [9.17, 15) is 0 Å². The summed E-state index contributed by atoms with van der Waals surface area (Å²) in [5.74, 6) is 0. The van der Waals surface area contributed by atoms with Gasteiger partial charge in [0.25, 0.3) is 0 Å². The second kappa shape index (κ2) is 4.80. The van der Waals surface area contributed by atoms with E-state index >= 15 is 0 Å². The van der Waals surface area contributed by atoms with Gasteiger partial charge in [0.2, 0.25) is 0 Å². The van der Waals surface area contributed by atoms with Gasteiger partial charge in [-0.05, 0) is 12.1 Å². The predicted molar refractivity (Wildman–Crippen MR) is 53.8 cm³/mol. The molecule has 0 spiro atoms. The molecule has 5 nitrogen and oxygen atoms in total. The minimum Gasteiger partial charge on any atom is -0.346 e. The van der Waals surface area contributed by atoms with Gasteiger partial charge >= 0.3 is 0 Å². The van der Waals surface area contributed by atoms with Gasteiger partial charge in [-0.2, -0.15) is 0 Å². The molecule has 3 rings (SSSR count). The molecule has 74 valence electrons. The Morgan fingerprint density at radius 1 is 0.867 bits per heavy atom. The number of aromatic nitrogens is 4. The van der Waals surface area contributed by atoms with Crippen LogP contribution in [0.25, 0.3) is 11.0 Å². The summed E-state index contributed by atoms with van der Waals surface area (Å²) in [5, 5.41) is 6.40. The van der Waals surface area contributed by atoms with Crippen LogP contribution in [0.4, 0.5) is 0 Å². The lowest BCUT2D eigenvalue weighted by molar-refractivity contribution is 0.393. The van der Waals surface area contributed by atoms with E-state index in [1.807, 2.05) is 24.3 Å². The number of fused-ring (bicyclic) bond motifs is 1. The van der Waals surface area contributed by atoms with Crippen LogP contribution in [0.2, 0.25) is 0 Å². The second-order valence-corrected chi connectivity index (χ2v) is 2.63. The molecule has 0 N–H and O–H groups in total. The summed E-state index contributed by atoms with van der Waals surface area (Å²) in [4.78, 5) is 8.24. The van der Waals surface area contributed by atoms with E-state index < -0.39 is 0 Å². The highest BCUT2D eigenvalue weighted by Gasteiger charge is 1.88. The number of benzene rings is 1. The lowest BCUT2D eigenvalue weighted by Crippen LogP contribution is -1.78. The molecule has 0 atom stereocenters. The fourth-order valence-electron chi connectivity index (χ4n) is 1.05. The van der Waals surface area contributed by atoms with Crippen LogP contribution in [0.3, 0.4) is 0 Å². The maximum absolute atomic E-state index is 4.22. The summed E-state index contributed by atoms with van der Waals surface area (Å²) in [5.41, 5.74) is 1.90. The molecule has 0 unspecified atom stereocenters. The van der Waals surface area contributed by atoms with Gasteiger partial charge in [0.15, 0.2) is 0 Å². The average Bonchev–Trinajstić information content (AvgIpc) is 2.88. The number of rotatable bonds is 0. The highest BCUT2D eigenvalue weighted by atomic mass is 16.5. The largest absolute Gasteiger partial charge is 0.346 e. The molecule has 0 aliphatic carbocycles. The zero-order valence-corrected chi connectivity index (χ0v) is 7.82. The highest BCUT2D eigenvalue weighted by molar-refractivity contribution is 5.72. The first-order chi connectivity index (χ1) is 7.47. The Labute approximate surface area is 85.8 Å². The molecule has 1 aromatic carbocycles. The van der Waals surface area contributed by atoms with Crippen LogP contribution in [0.15, 0.2) is 53.6 Å². The third-order valence-electron chi connectivity index (χ3n) is 1.66. The predicted octanol–water partition coefficient (Wildman–Crippen LogP) is 1.70. The Morgan fingerprint density at radius 3 is 1.93 bits per heavy atom. The molecule has 15 heavy (non-hydrogen) atoms. The molecule has 3 aromatic rings. The van der Waals surface area contributed by atoms with Crippen LogP contribution in [-0.2, 0) is 0 Å². The van der Waals surface area contributed by atoms with Crippen molar-refractivity contribution in [2.45, 2.75) is 0 Å². The van der Waals surface area contributed by atoms with Crippen molar-refractivity contribution in [1.29, 1.82) is 0 Å². The van der Waals surface area contributed by atoms with Gasteiger partial charge in [0.05, 0.1) is 17.2 Å². The summed E-state index contributed by atoms with van der Waals surface area (Å²) in [6.45, 7) is 0. The molecule has 0 radical (unpaired) electrons. The maximum Gasteiger partial charge on any atom is 0.144 e. The molecule has 0 aliphatic heterocycles. The van der Waals surface area contributed by atoms with Crippen molar-refractivity contribution < 1.29 is 4.52 Å². The molecule has 2 heterocycles. The Balaban J connectivity index is 0.000000144. The molecular weight excluding hydrogens is 192 g/mol. The molecule has 0 aliphatic rings. The van der Waals surface area contributed by atoms with Crippen LogP contribution in [-0.4, -0.2) is 20.3 Å². The van der Waals surface area contributed by atoms with Crippen molar-refractivity contribution in [2.24, 2.45) is 0 Å². The second-order valence-electron chi connectivity index (χ2n) is 2.63. The molecule has 0 saturated carbocycles. The molecule has 0 amide bonds. The fraction of sp³-hybridized carbons (Fsp3) is 0. The van der Waals surface area contributed by atoms with Gasteiger partial charge in [0, 0.05) is 17.7 Å². The number of hydrogen-bond acceptors (Lipinski definition) is 5. The van der Waals surface area contributed by atoms with Gasteiger partial charge in [-0.15, -0.1) is 5.10 Å². The Kier molecular flexibility index (Phi) is 2.97. The van der Waals surface area contributed by atoms with E-state index in [1.54, 1.807) is 12.4 Å². The van der Waals surface area contributed by atoms with Gasteiger partial charge in [-0.25, -0.2) is 0 Å². The van der Waals surface area contributed by atoms with Crippen molar-refractivity contribution in [2.75, 3.05) is 0 Å². The molecule has 0 bridgehead atoms. The van der Waals surface area contributed by atoms with Crippen LogP contribution in [0.1, 0.15) is 0 Å². The molecule has 5 heteroatoms. The third-order valence-corrected chi connectivity index (χ3v) is 1.66. The van der Waals surface area contributed by atoms with Crippen LogP contribution in [0, 0.1) is 0 Å². The van der Waals surface area contributed by atoms with Crippen molar-refractivity contribution in [3.63, 3.8) is 0 Å². The van der Waals surface area contributed by atoms with Crippen LogP contribution >= 0.6 is 0 Å². The zero-order chi connectivity index (χ0) is 10.3.